The van der Waals surface area contributed by atoms with E-state index < -0.39 is 0 Å². The third kappa shape index (κ3) is 2.70. The molecule has 0 N–H and O–H groups in total. The summed E-state index contributed by atoms with van der Waals surface area (Å²) in [6.07, 6.45) is 4.05. The summed E-state index contributed by atoms with van der Waals surface area (Å²) in [7, 11) is 1.39. The third-order valence-electron chi connectivity index (χ3n) is 4.40. The first-order valence-corrected chi connectivity index (χ1v) is 7.77. The van der Waals surface area contributed by atoms with E-state index in [2.05, 4.69) is 28.9 Å². The molecule has 1 saturated heterocycles. The standard InChI is InChI=1S/C16H22N4O2/c1-11(2)19-8-4-5-12(9-19)15-18-17-14-7-6-13(10-20(14)15)16(21)22-3/h6-7,10-12H,4-5,8-9H2,1-3H3. The number of likely N-dealkylation sites (tertiary alicyclic amines) is 1. The van der Waals surface area contributed by atoms with Gasteiger partial charge in [-0.15, -0.1) is 10.2 Å². The van der Waals surface area contributed by atoms with Crippen LogP contribution in [0.15, 0.2) is 18.3 Å². The van der Waals surface area contributed by atoms with Gasteiger partial charge in [-0.3, -0.25) is 4.40 Å². The highest BCUT2D eigenvalue weighted by Gasteiger charge is 2.26. The molecule has 1 aliphatic rings. The average Bonchev–Trinajstić information content (AvgIpc) is 2.97. The van der Waals surface area contributed by atoms with Crippen LogP contribution >= 0.6 is 0 Å². The molecule has 0 aliphatic carbocycles. The fourth-order valence-electron chi connectivity index (χ4n) is 3.11. The van der Waals surface area contributed by atoms with Crippen LogP contribution in [0.1, 0.15) is 48.8 Å². The van der Waals surface area contributed by atoms with Crippen LogP contribution in [0.4, 0.5) is 0 Å². The van der Waals surface area contributed by atoms with E-state index in [0.717, 1.165) is 37.4 Å². The third-order valence-corrected chi connectivity index (χ3v) is 4.40. The minimum absolute atomic E-state index is 0.339. The summed E-state index contributed by atoms with van der Waals surface area (Å²) >= 11 is 0. The summed E-state index contributed by atoms with van der Waals surface area (Å²) in [6, 6.07) is 4.07. The van der Waals surface area contributed by atoms with Gasteiger partial charge in [0, 0.05) is 24.7 Å². The number of hydrogen-bond donors (Lipinski definition) is 0. The predicted molar refractivity (Wildman–Crippen MR) is 83.0 cm³/mol. The van der Waals surface area contributed by atoms with Crippen molar-refractivity contribution >= 4 is 11.6 Å². The van der Waals surface area contributed by atoms with Crippen molar-refractivity contribution in [3.8, 4) is 0 Å². The molecule has 1 aliphatic heterocycles. The topological polar surface area (TPSA) is 59.7 Å². The molecule has 22 heavy (non-hydrogen) atoms. The summed E-state index contributed by atoms with van der Waals surface area (Å²) in [4.78, 5) is 14.2. The number of pyridine rings is 1. The number of hydrogen-bond acceptors (Lipinski definition) is 5. The molecular formula is C16H22N4O2. The van der Waals surface area contributed by atoms with E-state index in [-0.39, 0.29) is 5.97 Å². The number of methoxy groups -OCH3 is 1. The molecule has 3 rings (SSSR count). The highest BCUT2D eigenvalue weighted by molar-refractivity contribution is 5.89. The van der Waals surface area contributed by atoms with Crippen LogP contribution in [0.5, 0.6) is 0 Å². The van der Waals surface area contributed by atoms with Crippen molar-refractivity contribution in [3.05, 3.63) is 29.7 Å². The Labute approximate surface area is 130 Å². The Balaban J connectivity index is 1.94. The molecule has 0 saturated carbocycles. The molecule has 0 radical (unpaired) electrons. The number of carbonyl (C=O) groups excluding carboxylic acids is 1. The van der Waals surface area contributed by atoms with E-state index in [0.29, 0.717) is 17.5 Å². The largest absolute Gasteiger partial charge is 0.465 e. The summed E-state index contributed by atoms with van der Waals surface area (Å²) in [5, 5.41) is 8.61. The van der Waals surface area contributed by atoms with Crippen LogP contribution in [0.3, 0.4) is 0 Å². The van der Waals surface area contributed by atoms with Gasteiger partial charge in [-0.05, 0) is 45.4 Å². The van der Waals surface area contributed by atoms with Crippen LogP contribution in [-0.2, 0) is 4.74 Å². The lowest BCUT2D eigenvalue weighted by atomic mass is 9.96. The first-order valence-electron chi connectivity index (χ1n) is 7.77. The Kier molecular flexibility index (Phi) is 4.11. The number of ether oxygens (including phenoxy) is 1. The molecule has 1 unspecified atom stereocenters. The van der Waals surface area contributed by atoms with Gasteiger partial charge in [0.25, 0.3) is 0 Å². The second kappa shape index (κ2) is 6.04. The molecule has 118 valence electrons. The second-order valence-electron chi connectivity index (χ2n) is 6.12. The van der Waals surface area contributed by atoms with Crippen LogP contribution in [0.2, 0.25) is 0 Å². The molecule has 0 amide bonds. The number of piperidine rings is 1. The van der Waals surface area contributed by atoms with Gasteiger partial charge in [-0.25, -0.2) is 4.79 Å². The maximum Gasteiger partial charge on any atom is 0.339 e. The molecule has 6 heteroatoms. The van der Waals surface area contributed by atoms with Crippen LogP contribution in [0.25, 0.3) is 5.65 Å². The fourth-order valence-corrected chi connectivity index (χ4v) is 3.11. The molecule has 2 aromatic heterocycles. The summed E-state index contributed by atoms with van der Waals surface area (Å²) in [5.41, 5.74) is 1.29. The molecule has 1 atom stereocenters. The van der Waals surface area contributed by atoms with E-state index in [4.69, 9.17) is 4.74 Å². The monoisotopic (exact) mass is 302 g/mol. The Morgan fingerprint density at radius 1 is 1.36 bits per heavy atom. The van der Waals surface area contributed by atoms with Gasteiger partial charge >= 0.3 is 5.97 Å². The van der Waals surface area contributed by atoms with Gasteiger partial charge < -0.3 is 9.64 Å². The lowest BCUT2D eigenvalue weighted by Crippen LogP contribution is -2.39. The van der Waals surface area contributed by atoms with Crippen molar-refractivity contribution in [2.75, 3.05) is 20.2 Å². The summed E-state index contributed by atoms with van der Waals surface area (Å²) in [6.45, 7) is 6.57. The summed E-state index contributed by atoms with van der Waals surface area (Å²) in [5.74, 6) is 0.944. The zero-order chi connectivity index (χ0) is 15.7. The minimum atomic E-state index is -0.339. The van der Waals surface area contributed by atoms with E-state index in [1.165, 1.54) is 7.11 Å². The molecule has 1 fully saturated rings. The fraction of sp³-hybridized carbons (Fsp3) is 0.562. The predicted octanol–water partition coefficient (Wildman–Crippen LogP) is 2.10. The zero-order valence-electron chi connectivity index (χ0n) is 13.3. The lowest BCUT2D eigenvalue weighted by molar-refractivity contribution is 0.0600. The van der Waals surface area contributed by atoms with Crippen molar-refractivity contribution in [2.45, 2.75) is 38.6 Å². The van der Waals surface area contributed by atoms with Gasteiger partial charge in [-0.1, -0.05) is 0 Å². The van der Waals surface area contributed by atoms with Crippen molar-refractivity contribution in [2.24, 2.45) is 0 Å². The number of fused-ring (bicyclic) bond motifs is 1. The van der Waals surface area contributed by atoms with Crippen molar-refractivity contribution in [3.63, 3.8) is 0 Å². The maximum absolute atomic E-state index is 11.7. The van der Waals surface area contributed by atoms with Gasteiger partial charge in [0.1, 0.15) is 5.82 Å². The van der Waals surface area contributed by atoms with E-state index in [9.17, 15) is 4.79 Å². The smallest absolute Gasteiger partial charge is 0.339 e. The number of nitrogens with zero attached hydrogens (tertiary/aromatic N) is 4. The van der Waals surface area contributed by atoms with Crippen LogP contribution < -0.4 is 0 Å². The Morgan fingerprint density at radius 2 is 2.18 bits per heavy atom. The number of aromatic nitrogens is 3. The first kappa shape index (κ1) is 15.0. The Hall–Kier alpha value is -1.95. The number of carbonyl (C=O) groups is 1. The highest BCUT2D eigenvalue weighted by atomic mass is 16.5. The zero-order valence-corrected chi connectivity index (χ0v) is 13.3. The lowest BCUT2D eigenvalue weighted by Gasteiger charge is -2.34. The second-order valence-corrected chi connectivity index (χ2v) is 6.12. The molecular weight excluding hydrogens is 280 g/mol. The highest BCUT2D eigenvalue weighted by Crippen LogP contribution is 2.27. The SMILES string of the molecule is COC(=O)c1ccc2nnc(C3CCCN(C(C)C)C3)n2c1. The van der Waals surface area contributed by atoms with Crippen molar-refractivity contribution < 1.29 is 9.53 Å². The van der Waals surface area contributed by atoms with Crippen LogP contribution in [0, 0.1) is 0 Å². The molecule has 0 spiro atoms. The van der Waals surface area contributed by atoms with Crippen molar-refractivity contribution in [1.82, 2.24) is 19.5 Å². The van der Waals surface area contributed by atoms with E-state index in [1.54, 1.807) is 12.3 Å². The van der Waals surface area contributed by atoms with Gasteiger partial charge in [0.2, 0.25) is 0 Å². The van der Waals surface area contributed by atoms with Gasteiger partial charge in [0.15, 0.2) is 5.65 Å². The van der Waals surface area contributed by atoms with Gasteiger partial charge in [0.05, 0.1) is 12.7 Å². The summed E-state index contributed by atoms with van der Waals surface area (Å²) < 4.78 is 6.73. The van der Waals surface area contributed by atoms with Gasteiger partial charge in [-0.2, -0.15) is 0 Å². The van der Waals surface area contributed by atoms with Crippen LogP contribution in [-0.4, -0.2) is 51.7 Å². The van der Waals surface area contributed by atoms with Crippen molar-refractivity contribution in [1.29, 1.82) is 0 Å². The Morgan fingerprint density at radius 3 is 2.91 bits per heavy atom. The van der Waals surface area contributed by atoms with E-state index in [1.807, 2.05) is 10.5 Å². The molecule has 0 bridgehead atoms. The number of esters is 1. The normalized spacial score (nSPS) is 19.7. The first-order chi connectivity index (χ1) is 10.6. The quantitative estimate of drug-likeness (QED) is 0.813. The number of rotatable bonds is 3. The average molecular weight is 302 g/mol. The molecule has 3 heterocycles. The minimum Gasteiger partial charge on any atom is -0.465 e. The Bertz CT molecular complexity index is 680. The molecule has 2 aromatic rings. The maximum atomic E-state index is 11.7. The molecule has 6 nitrogen and oxygen atoms in total. The molecule has 0 aromatic carbocycles. The van der Waals surface area contributed by atoms with E-state index >= 15 is 0 Å².